The number of quaternary nitrogens is 2. The highest BCUT2D eigenvalue weighted by Crippen LogP contribution is 2.28. The molecule has 6 nitrogen and oxygen atoms in total. The van der Waals surface area contributed by atoms with Crippen LogP contribution in [0.25, 0.3) is 0 Å². The van der Waals surface area contributed by atoms with Crippen molar-refractivity contribution in [2.45, 2.75) is 6.04 Å². The molecule has 1 unspecified atom stereocenters. The Kier molecular flexibility index (Phi) is 8.09. The minimum atomic E-state index is -0.211. The summed E-state index contributed by atoms with van der Waals surface area (Å²) in [5, 5.41) is 0.782. The molecule has 4 rings (SSSR count). The Morgan fingerprint density at radius 3 is 2.56 bits per heavy atom. The number of piperazine rings is 1. The van der Waals surface area contributed by atoms with Crippen LogP contribution in [0.1, 0.15) is 0 Å². The number of thioether (sulfide) groups is 1. The van der Waals surface area contributed by atoms with Gasteiger partial charge in [-0.05, 0) is 12.1 Å². The van der Waals surface area contributed by atoms with E-state index in [9.17, 15) is 9.59 Å². The summed E-state index contributed by atoms with van der Waals surface area (Å²) in [6.07, 6.45) is 0. The molecule has 3 aliphatic rings. The monoisotopic (exact) mass is 452 g/mol. The van der Waals surface area contributed by atoms with Crippen LogP contribution in [-0.4, -0.2) is 78.7 Å². The van der Waals surface area contributed by atoms with E-state index in [1.165, 1.54) is 20.4 Å². The van der Waals surface area contributed by atoms with Gasteiger partial charge in [-0.1, -0.05) is 17.7 Å². The first-order valence-electron chi connectivity index (χ1n) is 8.77. The Labute approximate surface area is 181 Å². The molecular weight excluding hydrogens is 431 g/mol. The lowest BCUT2D eigenvalue weighted by Gasteiger charge is -2.30. The van der Waals surface area contributed by atoms with Crippen LogP contribution >= 0.6 is 23.4 Å². The first-order valence-corrected chi connectivity index (χ1v) is 10.3. The topological polar surface area (TPSA) is 49.5 Å². The van der Waals surface area contributed by atoms with Crippen LogP contribution < -0.4 is 34.6 Å². The van der Waals surface area contributed by atoms with E-state index in [4.69, 9.17) is 11.6 Å². The maximum atomic E-state index is 12.4. The standard InChI is InChI=1S/C17H21ClN4O2S.2ClH/c18-13-2-1-3-14(10-13)20-7-4-19(5-8-20)6-9-21-16(23)15-11-25-12-22(15)17(21)24;;/h1-3,10,15H,4-9,11-12H2;2*1H. The van der Waals surface area contributed by atoms with E-state index in [1.54, 1.807) is 16.7 Å². The van der Waals surface area contributed by atoms with Crippen molar-refractivity contribution in [2.75, 3.05) is 50.9 Å². The third-order valence-electron chi connectivity index (χ3n) is 5.39. The highest BCUT2D eigenvalue weighted by atomic mass is 35.5. The first-order chi connectivity index (χ1) is 12.1. The molecule has 3 saturated heterocycles. The maximum absolute atomic E-state index is 12.4. The van der Waals surface area contributed by atoms with Crippen LogP contribution in [0.4, 0.5) is 10.5 Å². The van der Waals surface area contributed by atoms with E-state index in [2.05, 4.69) is 6.07 Å². The van der Waals surface area contributed by atoms with Crippen LogP contribution in [-0.2, 0) is 4.79 Å². The lowest BCUT2D eigenvalue weighted by molar-refractivity contribution is -0.986. The zero-order valence-corrected chi connectivity index (χ0v) is 17.9. The zero-order valence-electron chi connectivity index (χ0n) is 14.8. The summed E-state index contributed by atoms with van der Waals surface area (Å²) in [7, 11) is 0. The van der Waals surface area contributed by atoms with Gasteiger partial charge in [0.1, 0.15) is 37.9 Å². The lowest BCUT2D eigenvalue weighted by Crippen LogP contribution is -3.26. The van der Waals surface area contributed by atoms with Crippen LogP contribution in [0.3, 0.4) is 0 Å². The average molecular weight is 454 g/mol. The molecule has 1 aromatic carbocycles. The second-order valence-corrected chi connectivity index (χ2v) is 8.31. The third kappa shape index (κ3) is 4.66. The average Bonchev–Trinajstić information content (AvgIpc) is 3.19. The second kappa shape index (κ2) is 9.67. The SMILES string of the molecule is O=C1C2CSCN2C(=O)N1CC[NH+]1CC[NH+](c2cccc(Cl)c2)CC1.[Cl-].[Cl-]. The minimum absolute atomic E-state index is 0. The lowest BCUT2D eigenvalue weighted by atomic mass is 10.2. The second-order valence-electron chi connectivity index (χ2n) is 6.87. The molecule has 10 heteroatoms. The number of carbonyl (C=O) groups is 2. The highest BCUT2D eigenvalue weighted by Gasteiger charge is 2.47. The van der Waals surface area contributed by atoms with Gasteiger partial charge in [-0.25, -0.2) is 4.79 Å². The van der Waals surface area contributed by atoms with Gasteiger partial charge < -0.3 is 34.6 Å². The molecule has 1 aromatic rings. The van der Waals surface area contributed by atoms with E-state index in [1.807, 2.05) is 18.2 Å². The van der Waals surface area contributed by atoms with E-state index >= 15 is 0 Å². The fourth-order valence-corrected chi connectivity index (χ4v) is 5.22. The summed E-state index contributed by atoms with van der Waals surface area (Å²) in [4.78, 5) is 30.8. The summed E-state index contributed by atoms with van der Waals surface area (Å²) in [6.45, 7) is 5.55. The number of halogens is 3. The number of hydrogen-bond donors (Lipinski definition) is 2. The summed E-state index contributed by atoms with van der Waals surface area (Å²) in [6, 6.07) is 7.76. The Morgan fingerprint density at radius 2 is 1.89 bits per heavy atom. The number of rotatable bonds is 4. The maximum Gasteiger partial charge on any atom is 0.328 e. The molecule has 0 bridgehead atoms. The van der Waals surface area contributed by atoms with Gasteiger partial charge in [0, 0.05) is 16.8 Å². The molecule has 3 amide bonds. The fourth-order valence-electron chi connectivity index (χ4n) is 3.89. The Morgan fingerprint density at radius 1 is 1.15 bits per heavy atom. The summed E-state index contributed by atoms with van der Waals surface area (Å²) in [5.74, 6) is 1.40. The summed E-state index contributed by atoms with van der Waals surface area (Å²) >= 11 is 7.75. The van der Waals surface area contributed by atoms with Gasteiger partial charge in [-0.2, -0.15) is 0 Å². The van der Waals surface area contributed by atoms with Crippen LogP contribution in [0.5, 0.6) is 0 Å². The highest BCUT2D eigenvalue weighted by molar-refractivity contribution is 7.99. The molecule has 3 heterocycles. The molecule has 0 spiro atoms. The van der Waals surface area contributed by atoms with E-state index in [-0.39, 0.29) is 42.8 Å². The van der Waals surface area contributed by atoms with Crippen molar-refractivity contribution in [2.24, 2.45) is 0 Å². The molecule has 0 radical (unpaired) electrons. The predicted octanol–water partition coefficient (Wildman–Crippen LogP) is -6.90. The fraction of sp³-hybridized carbons (Fsp3) is 0.529. The van der Waals surface area contributed by atoms with Gasteiger partial charge in [0.05, 0.1) is 19.0 Å². The molecule has 0 aliphatic carbocycles. The van der Waals surface area contributed by atoms with Gasteiger partial charge in [0.25, 0.3) is 5.91 Å². The summed E-state index contributed by atoms with van der Waals surface area (Å²) in [5.41, 5.74) is 1.24. The van der Waals surface area contributed by atoms with Crippen molar-refractivity contribution in [1.82, 2.24) is 9.80 Å². The molecule has 0 aromatic heterocycles. The first kappa shape index (κ1) is 22.6. The van der Waals surface area contributed by atoms with Crippen molar-refractivity contribution in [1.29, 1.82) is 0 Å². The number of hydrogen-bond acceptors (Lipinski definition) is 3. The van der Waals surface area contributed by atoms with Crippen LogP contribution in [0, 0.1) is 0 Å². The minimum Gasteiger partial charge on any atom is -1.00 e. The molecular formula is C17H23Cl3N4O2S. The van der Waals surface area contributed by atoms with Crippen molar-refractivity contribution < 1.29 is 44.2 Å². The zero-order chi connectivity index (χ0) is 17.4. The van der Waals surface area contributed by atoms with E-state index < -0.39 is 0 Å². The van der Waals surface area contributed by atoms with Crippen molar-refractivity contribution in [3.8, 4) is 0 Å². The number of benzene rings is 1. The molecule has 150 valence electrons. The van der Waals surface area contributed by atoms with Gasteiger partial charge in [0.2, 0.25) is 0 Å². The van der Waals surface area contributed by atoms with Gasteiger partial charge in [0.15, 0.2) is 0 Å². The molecule has 2 N–H and O–H groups in total. The molecule has 0 saturated carbocycles. The van der Waals surface area contributed by atoms with Gasteiger partial charge in [-0.3, -0.25) is 14.6 Å². The molecule has 1 atom stereocenters. The number of amides is 3. The number of fused-ring (bicyclic) bond motifs is 1. The smallest absolute Gasteiger partial charge is 0.328 e. The molecule has 3 fully saturated rings. The van der Waals surface area contributed by atoms with Crippen molar-refractivity contribution >= 4 is 41.0 Å². The van der Waals surface area contributed by atoms with Crippen molar-refractivity contribution in [3.63, 3.8) is 0 Å². The normalized spacial score (nSPS) is 27.2. The van der Waals surface area contributed by atoms with E-state index in [0.29, 0.717) is 12.4 Å². The predicted molar refractivity (Wildman–Crippen MR) is 97.4 cm³/mol. The number of carbonyl (C=O) groups excluding carboxylic acids is 2. The molecule has 27 heavy (non-hydrogen) atoms. The Balaban J connectivity index is 0.00000131. The largest absolute Gasteiger partial charge is 1.00 e. The Hall–Kier alpha value is -0.700. The van der Waals surface area contributed by atoms with E-state index in [0.717, 1.165) is 43.5 Å². The molecule has 3 aliphatic heterocycles. The van der Waals surface area contributed by atoms with Gasteiger partial charge >= 0.3 is 6.03 Å². The van der Waals surface area contributed by atoms with Gasteiger partial charge in [-0.15, -0.1) is 11.8 Å². The number of nitrogens with zero attached hydrogens (tertiary/aromatic N) is 2. The third-order valence-corrected chi connectivity index (χ3v) is 6.64. The van der Waals surface area contributed by atoms with Crippen molar-refractivity contribution in [3.05, 3.63) is 29.3 Å². The van der Waals surface area contributed by atoms with Crippen LogP contribution in [0.2, 0.25) is 5.02 Å². The quantitative estimate of drug-likeness (QED) is 0.446. The summed E-state index contributed by atoms with van der Waals surface area (Å²) < 4.78 is 0. The number of urea groups is 1. The number of nitrogens with one attached hydrogen (secondary N) is 2. The Bertz CT molecular complexity index is 666. The van der Waals surface area contributed by atoms with Crippen LogP contribution in [0.15, 0.2) is 24.3 Å². The number of imide groups is 1.